The summed E-state index contributed by atoms with van der Waals surface area (Å²) in [6, 6.07) is 0.342. The van der Waals surface area contributed by atoms with Gasteiger partial charge in [0.2, 0.25) is 0 Å². The maximum absolute atomic E-state index is 5.62. The highest BCUT2D eigenvalue weighted by Gasteiger charge is 2.12. The van der Waals surface area contributed by atoms with Crippen molar-refractivity contribution in [2.45, 2.75) is 46.2 Å². The van der Waals surface area contributed by atoms with Crippen LogP contribution in [0.15, 0.2) is 0 Å². The first-order valence-electron chi connectivity index (χ1n) is 5.91. The molecule has 0 unspecified atom stereocenters. The van der Waals surface area contributed by atoms with Crippen molar-refractivity contribution in [3.63, 3.8) is 0 Å². The number of nitrogens with zero attached hydrogens (tertiary/aromatic N) is 3. The molecule has 5 heteroatoms. The normalized spacial score (nSPS) is 11.3. The predicted octanol–water partition coefficient (Wildman–Crippen LogP) is 1.29. The van der Waals surface area contributed by atoms with Crippen molar-refractivity contribution < 1.29 is 4.74 Å². The maximum atomic E-state index is 5.62. The lowest BCUT2D eigenvalue weighted by Gasteiger charge is -2.13. The van der Waals surface area contributed by atoms with E-state index in [9.17, 15) is 0 Å². The van der Waals surface area contributed by atoms with E-state index in [4.69, 9.17) is 10.5 Å². The van der Waals surface area contributed by atoms with Crippen LogP contribution in [0.5, 0.6) is 0 Å². The molecule has 0 spiro atoms. The van der Waals surface area contributed by atoms with Gasteiger partial charge in [0, 0.05) is 19.1 Å². The average Bonchev–Trinajstić information content (AvgIpc) is 2.67. The Balaban J connectivity index is 2.61. The molecular formula is C11H22N4O. The standard InChI is InChI=1S/C11H22N4O/c1-4-6-16-7-5-10-13-14-11(8-12)15(10)9(2)3/h9H,4-8,12H2,1-3H3. The van der Waals surface area contributed by atoms with Crippen molar-refractivity contribution in [3.8, 4) is 0 Å². The number of aromatic nitrogens is 3. The maximum Gasteiger partial charge on any atom is 0.147 e. The third-order valence-corrected chi connectivity index (χ3v) is 2.35. The number of hydrogen-bond donors (Lipinski definition) is 1. The van der Waals surface area contributed by atoms with Gasteiger partial charge in [-0.1, -0.05) is 6.92 Å². The molecule has 0 aromatic carbocycles. The van der Waals surface area contributed by atoms with Gasteiger partial charge >= 0.3 is 0 Å². The average molecular weight is 226 g/mol. The molecule has 0 saturated carbocycles. The Morgan fingerprint density at radius 3 is 2.50 bits per heavy atom. The van der Waals surface area contributed by atoms with Crippen LogP contribution in [0.4, 0.5) is 0 Å². The lowest BCUT2D eigenvalue weighted by atomic mass is 10.3. The minimum absolute atomic E-state index is 0.342. The minimum Gasteiger partial charge on any atom is -0.381 e. The van der Waals surface area contributed by atoms with Crippen molar-refractivity contribution in [2.24, 2.45) is 5.73 Å². The van der Waals surface area contributed by atoms with Gasteiger partial charge in [0.15, 0.2) is 0 Å². The molecule has 1 heterocycles. The summed E-state index contributed by atoms with van der Waals surface area (Å²) in [5.41, 5.74) is 5.62. The molecule has 1 aromatic heterocycles. The Bertz CT molecular complexity index is 309. The summed E-state index contributed by atoms with van der Waals surface area (Å²) in [5, 5.41) is 8.25. The van der Waals surface area contributed by atoms with E-state index in [0.29, 0.717) is 19.2 Å². The van der Waals surface area contributed by atoms with E-state index in [2.05, 4.69) is 35.5 Å². The van der Waals surface area contributed by atoms with Crippen molar-refractivity contribution in [1.82, 2.24) is 14.8 Å². The third kappa shape index (κ3) is 3.28. The first-order chi connectivity index (χ1) is 7.70. The van der Waals surface area contributed by atoms with Crippen LogP contribution < -0.4 is 5.73 Å². The summed E-state index contributed by atoms with van der Waals surface area (Å²) in [7, 11) is 0. The van der Waals surface area contributed by atoms with Crippen LogP contribution in [0, 0.1) is 0 Å². The fourth-order valence-electron chi connectivity index (χ4n) is 1.68. The number of ether oxygens (including phenoxy) is 1. The van der Waals surface area contributed by atoms with Crippen molar-refractivity contribution in [1.29, 1.82) is 0 Å². The van der Waals surface area contributed by atoms with Crippen LogP contribution in [0.2, 0.25) is 0 Å². The van der Waals surface area contributed by atoms with Gasteiger partial charge in [-0.15, -0.1) is 10.2 Å². The van der Waals surface area contributed by atoms with E-state index in [1.807, 2.05) is 0 Å². The highest BCUT2D eigenvalue weighted by atomic mass is 16.5. The fourth-order valence-corrected chi connectivity index (χ4v) is 1.68. The molecule has 0 atom stereocenters. The van der Waals surface area contributed by atoms with E-state index in [1.54, 1.807) is 0 Å². The van der Waals surface area contributed by atoms with Crippen LogP contribution in [-0.2, 0) is 17.7 Å². The van der Waals surface area contributed by atoms with Gasteiger partial charge in [0.25, 0.3) is 0 Å². The Labute approximate surface area is 97.0 Å². The lowest BCUT2D eigenvalue weighted by Crippen LogP contribution is -2.14. The van der Waals surface area contributed by atoms with E-state index in [1.165, 1.54) is 0 Å². The second kappa shape index (κ2) is 6.60. The molecule has 0 aliphatic carbocycles. The van der Waals surface area contributed by atoms with Crippen LogP contribution >= 0.6 is 0 Å². The zero-order valence-electron chi connectivity index (χ0n) is 10.4. The Morgan fingerprint density at radius 2 is 1.94 bits per heavy atom. The monoisotopic (exact) mass is 226 g/mol. The molecule has 92 valence electrons. The van der Waals surface area contributed by atoms with Crippen LogP contribution in [0.1, 0.15) is 44.9 Å². The zero-order chi connectivity index (χ0) is 12.0. The van der Waals surface area contributed by atoms with Crippen LogP contribution in [0.25, 0.3) is 0 Å². The van der Waals surface area contributed by atoms with Gasteiger partial charge in [-0.25, -0.2) is 0 Å². The van der Waals surface area contributed by atoms with Crippen molar-refractivity contribution in [2.75, 3.05) is 13.2 Å². The minimum atomic E-state index is 0.342. The SMILES string of the molecule is CCCOCCc1nnc(CN)n1C(C)C. The molecule has 0 amide bonds. The summed E-state index contributed by atoms with van der Waals surface area (Å²) in [5.74, 6) is 1.81. The highest BCUT2D eigenvalue weighted by Crippen LogP contribution is 2.11. The molecule has 1 rings (SSSR count). The Morgan fingerprint density at radius 1 is 1.25 bits per heavy atom. The summed E-state index contributed by atoms with van der Waals surface area (Å²) < 4.78 is 7.54. The van der Waals surface area contributed by atoms with Crippen LogP contribution in [0.3, 0.4) is 0 Å². The zero-order valence-corrected chi connectivity index (χ0v) is 10.4. The van der Waals surface area contributed by atoms with Crippen molar-refractivity contribution in [3.05, 3.63) is 11.6 Å². The van der Waals surface area contributed by atoms with Gasteiger partial charge in [-0.2, -0.15) is 0 Å². The number of hydrogen-bond acceptors (Lipinski definition) is 4. The summed E-state index contributed by atoms with van der Waals surface area (Å²) >= 11 is 0. The predicted molar refractivity (Wildman–Crippen MR) is 63.1 cm³/mol. The Hall–Kier alpha value is -0.940. The second-order valence-corrected chi connectivity index (χ2v) is 4.06. The fraction of sp³-hybridized carbons (Fsp3) is 0.818. The molecule has 0 bridgehead atoms. The van der Waals surface area contributed by atoms with E-state index in [-0.39, 0.29) is 0 Å². The molecule has 0 radical (unpaired) electrons. The van der Waals surface area contributed by atoms with Gasteiger partial charge in [-0.3, -0.25) is 0 Å². The molecule has 0 fully saturated rings. The van der Waals surface area contributed by atoms with E-state index in [0.717, 1.165) is 31.1 Å². The van der Waals surface area contributed by atoms with Gasteiger partial charge in [0.1, 0.15) is 11.6 Å². The van der Waals surface area contributed by atoms with E-state index < -0.39 is 0 Å². The number of rotatable bonds is 7. The topological polar surface area (TPSA) is 66.0 Å². The number of nitrogens with two attached hydrogens (primary N) is 1. The lowest BCUT2D eigenvalue weighted by molar-refractivity contribution is 0.135. The molecule has 1 aromatic rings. The van der Waals surface area contributed by atoms with Crippen LogP contribution in [-0.4, -0.2) is 28.0 Å². The highest BCUT2D eigenvalue weighted by molar-refractivity contribution is 4.98. The quantitative estimate of drug-likeness (QED) is 0.711. The molecule has 5 nitrogen and oxygen atoms in total. The smallest absolute Gasteiger partial charge is 0.147 e. The summed E-state index contributed by atoms with van der Waals surface area (Å²) in [6.07, 6.45) is 1.84. The molecule has 16 heavy (non-hydrogen) atoms. The van der Waals surface area contributed by atoms with Crippen molar-refractivity contribution >= 4 is 0 Å². The largest absolute Gasteiger partial charge is 0.381 e. The first-order valence-corrected chi connectivity index (χ1v) is 5.91. The first kappa shape index (κ1) is 13.1. The molecular weight excluding hydrogens is 204 g/mol. The molecule has 2 N–H and O–H groups in total. The molecule has 0 aliphatic heterocycles. The molecule has 0 saturated heterocycles. The second-order valence-electron chi connectivity index (χ2n) is 4.06. The van der Waals surface area contributed by atoms with Gasteiger partial charge in [0.05, 0.1) is 13.2 Å². The Kier molecular flexibility index (Phi) is 5.42. The molecule has 0 aliphatic rings. The third-order valence-electron chi connectivity index (χ3n) is 2.35. The van der Waals surface area contributed by atoms with Gasteiger partial charge < -0.3 is 15.0 Å². The van der Waals surface area contributed by atoms with E-state index >= 15 is 0 Å². The van der Waals surface area contributed by atoms with Gasteiger partial charge in [-0.05, 0) is 20.3 Å². The summed E-state index contributed by atoms with van der Waals surface area (Å²) in [4.78, 5) is 0. The summed E-state index contributed by atoms with van der Waals surface area (Å²) in [6.45, 7) is 8.25.